The number of imidazole rings is 1. The summed E-state index contributed by atoms with van der Waals surface area (Å²) in [6.45, 7) is 4.24. The van der Waals surface area contributed by atoms with Gasteiger partial charge in [0.25, 0.3) is 0 Å². The van der Waals surface area contributed by atoms with E-state index in [9.17, 15) is 12.8 Å². The molecule has 2 aromatic heterocycles. The van der Waals surface area contributed by atoms with Gasteiger partial charge in [-0.2, -0.15) is 0 Å². The highest BCUT2D eigenvalue weighted by Gasteiger charge is 2.39. The van der Waals surface area contributed by atoms with Gasteiger partial charge >= 0.3 is 0 Å². The third-order valence-corrected chi connectivity index (χ3v) is 8.27. The van der Waals surface area contributed by atoms with Crippen LogP contribution in [-0.4, -0.2) is 59.1 Å². The summed E-state index contributed by atoms with van der Waals surface area (Å²) in [6.07, 6.45) is 2.46. The largest absolute Gasteiger partial charge is 0.339 e. The van der Waals surface area contributed by atoms with E-state index in [1.165, 1.54) is 6.07 Å². The molecule has 0 aromatic carbocycles. The zero-order valence-electron chi connectivity index (χ0n) is 15.5. The second kappa shape index (κ2) is 7.70. The number of H-pyrrole nitrogens is 1. The van der Waals surface area contributed by atoms with Gasteiger partial charge in [0, 0.05) is 25.6 Å². The number of piperidine rings is 1. The Labute approximate surface area is 168 Å². The molecule has 0 saturated carbocycles. The van der Waals surface area contributed by atoms with Crippen molar-refractivity contribution in [2.24, 2.45) is 5.92 Å². The van der Waals surface area contributed by atoms with E-state index < -0.39 is 15.8 Å². The molecule has 10 heteroatoms. The molecule has 0 spiro atoms. The van der Waals surface area contributed by atoms with Crippen molar-refractivity contribution in [3.05, 3.63) is 35.0 Å². The summed E-state index contributed by atoms with van der Waals surface area (Å²) >= 11 is 6.37. The first-order valence-electron chi connectivity index (χ1n) is 9.43. The van der Waals surface area contributed by atoms with Gasteiger partial charge < -0.3 is 10.3 Å². The average molecular weight is 428 g/mol. The van der Waals surface area contributed by atoms with E-state index in [-0.39, 0.29) is 17.1 Å². The quantitative estimate of drug-likeness (QED) is 0.781. The van der Waals surface area contributed by atoms with Crippen molar-refractivity contribution in [3.63, 3.8) is 0 Å². The molecule has 4 rings (SSSR count). The molecule has 3 atom stereocenters. The van der Waals surface area contributed by atoms with Crippen molar-refractivity contribution in [1.29, 1.82) is 0 Å². The van der Waals surface area contributed by atoms with E-state index in [2.05, 4.69) is 20.3 Å². The van der Waals surface area contributed by atoms with Crippen molar-refractivity contribution in [3.8, 4) is 11.5 Å². The maximum absolute atomic E-state index is 13.1. The molecule has 0 bridgehead atoms. The lowest BCUT2D eigenvalue weighted by Crippen LogP contribution is -2.46. The van der Waals surface area contributed by atoms with Gasteiger partial charge in [0.2, 0.25) is 10.0 Å². The fourth-order valence-corrected chi connectivity index (χ4v) is 6.35. The highest BCUT2D eigenvalue weighted by molar-refractivity contribution is 7.89. The standard InChI is InChI=1S/C18H23ClFN5O2S/c1-11-10-25(28(26,27)13-4-6-21-9-13)7-5-14(11)16-17(19)24-18(23-16)15-3-2-12(20)8-22-15/h2-3,8,11,13-14,21H,4-7,9-10H2,1H3,(H,23,24)/t11-,13?,14+/m0/s1. The Kier molecular flexibility index (Phi) is 5.43. The molecule has 2 aliphatic heterocycles. The van der Waals surface area contributed by atoms with Crippen LogP contribution in [0.15, 0.2) is 18.3 Å². The Hall–Kier alpha value is -1.55. The number of nitrogens with zero attached hydrogens (tertiary/aromatic N) is 3. The van der Waals surface area contributed by atoms with Gasteiger partial charge in [0.1, 0.15) is 11.5 Å². The van der Waals surface area contributed by atoms with Crippen LogP contribution in [0.25, 0.3) is 11.5 Å². The third-order valence-electron chi connectivity index (χ3n) is 5.69. The van der Waals surface area contributed by atoms with Gasteiger partial charge in [-0.3, -0.25) is 0 Å². The molecule has 2 aromatic rings. The predicted octanol–water partition coefficient (Wildman–Crippen LogP) is 2.38. The zero-order valence-corrected chi connectivity index (χ0v) is 17.1. The summed E-state index contributed by atoms with van der Waals surface area (Å²) in [6, 6.07) is 2.87. The van der Waals surface area contributed by atoms with Crippen molar-refractivity contribution < 1.29 is 12.8 Å². The average Bonchev–Trinajstić information content (AvgIpc) is 3.33. The van der Waals surface area contributed by atoms with E-state index in [4.69, 9.17) is 11.6 Å². The topological polar surface area (TPSA) is 91.0 Å². The number of aromatic nitrogens is 3. The minimum atomic E-state index is -3.29. The van der Waals surface area contributed by atoms with Crippen LogP contribution >= 0.6 is 11.6 Å². The van der Waals surface area contributed by atoms with Gasteiger partial charge in [0.15, 0.2) is 11.0 Å². The van der Waals surface area contributed by atoms with Crippen LogP contribution in [0.5, 0.6) is 0 Å². The van der Waals surface area contributed by atoms with Crippen LogP contribution in [-0.2, 0) is 10.0 Å². The second-order valence-corrected chi connectivity index (χ2v) is 10.1. The van der Waals surface area contributed by atoms with E-state index in [1.807, 2.05) is 6.92 Å². The van der Waals surface area contributed by atoms with Crippen LogP contribution in [0.3, 0.4) is 0 Å². The van der Waals surface area contributed by atoms with Gasteiger partial charge in [0.05, 0.1) is 17.1 Å². The summed E-state index contributed by atoms with van der Waals surface area (Å²) in [5.74, 6) is 0.229. The molecule has 4 heterocycles. The molecule has 0 aliphatic carbocycles. The van der Waals surface area contributed by atoms with Gasteiger partial charge in [-0.25, -0.2) is 27.1 Å². The van der Waals surface area contributed by atoms with Gasteiger partial charge in [-0.05, 0) is 37.4 Å². The summed E-state index contributed by atoms with van der Waals surface area (Å²) in [5, 5.41) is 3.15. The van der Waals surface area contributed by atoms with Crippen LogP contribution < -0.4 is 5.32 Å². The first-order chi connectivity index (χ1) is 13.4. The van der Waals surface area contributed by atoms with Crippen LogP contribution in [0, 0.1) is 11.7 Å². The summed E-state index contributed by atoms with van der Waals surface area (Å²) in [4.78, 5) is 11.6. The van der Waals surface area contributed by atoms with E-state index >= 15 is 0 Å². The van der Waals surface area contributed by atoms with E-state index in [0.717, 1.165) is 18.4 Å². The van der Waals surface area contributed by atoms with Crippen molar-refractivity contribution in [1.82, 2.24) is 24.6 Å². The Bertz CT molecular complexity index is 943. The molecule has 2 N–H and O–H groups in total. The smallest absolute Gasteiger partial charge is 0.218 e. The Morgan fingerprint density at radius 2 is 2.14 bits per heavy atom. The number of halogens is 2. The van der Waals surface area contributed by atoms with Crippen molar-refractivity contribution in [2.75, 3.05) is 26.2 Å². The van der Waals surface area contributed by atoms with E-state index in [0.29, 0.717) is 49.1 Å². The lowest BCUT2D eigenvalue weighted by atomic mass is 9.86. The molecule has 7 nitrogen and oxygen atoms in total. The lowest BCUT2D eigenvalue weighted by Gasteiger charge is -2.37. The number of hydrogen-bond acceptors (Lipinski definition) is 5. The highest BCUT2D eigenvalue weighted by atomic mass is 35.5. The minimum absolute atomic E-state index is 0.0716. The Balaban J connectivity index is 1.51. The second-order valence-electron chi connectivity index (χ2n) is 7.54. The Morgan fingerprint density at radius 3 is 2.79 bits per heavy atom. The SMILES string of the molecule is C[C@H]1CN(S(=O)(=O)C2CCNC2)CC[C@H]1c1[nH]c(-c2ccc(F)cn2)nc1Cl. The van der Waals surface area contributed by atoms with Crippen LogP contribution in [0.4, 0.5) is 4.39 Å². The highest BCUT2D eigenvalue weighted by Crippen LogP contribution is 2.37. The Morgan fingerprint density at radius 1 is 1.32 bits per heavy atom. The van der Waals surface area contributed by atoms with Gasteiger partial charge in [-0.15, -0.1) is 0 Å². The zero-order chi connectivity index (χ0) is 19.9. The van der Waals surface area contributed by atoms with Crippen LogP contribution in [0.1, 0.15) is 31.4 Å². The molecule has 0 amide bonds. The number of aromatic amines is 1. The summed E-state index contributed by atoms with van der Waals surface area (Å²) < 4.78 is 40.4. The fraction of sp³-hybridized carbons (Fsp3) is 0.556. The molecule has 2 fully saturated rings. The number of nitrogens with one attached hydrogen (secondary N) is 2. The van der Waals surface area contributed by atoms with Crippen molar-refractivity contribution >= 4 is 21.6 Å². The maximum atomic E-state index is 13.1. The first-order valence-corrected chi connectivity index (χ1v) is 11.3. The maximum Gasteiger partial charge on any atom is 0.218 e. The molecule has 1 unspecified atom stereocenters. The first kappa shape index (κ1) is 19.8. The number of rotatable bonds is 4. The number of hydrogen-bond donors (Lipinski definition) is 2. The molecular formula is C18H23ClFN5O2S. The fourth-order valence-electron chi connectivity index (χ4n) is 4.11. The molecular weight excluding hydrogens is 405 g/mol. The van der Waals surface area contributed by atoms with Crippen molar-refractivity contribution in [2.45, 2.75) is 30.9 Å². The molecule has 2 saturated heterocycles. The monoisotopic (exact) mass is 427 g/mol. The summed E-state index contributed by atoms with van der Waals surface area (Å²) in [5.41, 5.74) is 1.30. The predicted molar refractivity (Wildman–Crippen MR) is 105 cm³/mol. The van der Waals surface area contributed by atoms with E-state index in [1.54, 1.807) is 10.4 Å². The molecule has 2 aliphatic rings. The molecule has 0 radical (unpaired) electrons. The summed E-state index contributed by atoms with van der Waals surface area (Å²) in [7, 11) is -3.29. The normalized spacial score (nSPS) is 26.6. The molecule has 28 heavy (non-hydrogen) atoms. The third kappa shape index (κ3) is 3.68. The van der Waals surface area contributed by atoms with Crippen LogP contribution in [0.2, 0.25) is 5.15 Å². The number of pyridine rings is 1. The lowest BCUT2D eigenvalue weighted by molar-refractivity contribution is 0.244. The minimum Gasteiger partial charge on any atom is -0.339 e. The molecule has 152 valence electrons. The number of sulfonamides is 1. The van der Waals surface area contributed by atoms with Gasteiger partial charge in [-0.1, -0.05) is 18.5 Å².